The molecule has 3 heterocycles. The SMILES string of the molecule is NC(=O)[C@@H]1CCO[C@@H]1CC1CCN(C(=O)c2ncccc2Cl)CC1. The third-order valence-corrected chi connectivity index (χ3v) is 5.31. The Bertz CT molecular complexity index is 617. The second kappa shape index (κ2) is 7.49. The van der Waals surface area contributed by atoms with Crippen LogP contribution in [0.5, 0.6) is 0 Å². The first-order valence-electron chi connectivity index (χ1n) is 8.37. The van der Waals surface area contributed by atoms with Crippen LogP contribution >= 0.6 is 11.6 Å². The van der Waals surface area contributed by atoms with Crippen LogP contribution < -0.4 is 5.73 Å². The summed E-state index contributed by atoms with van der Waals surface area (Å²) in [6.07, 6.45) is 4.84. The molecule has 2 aliphatic rings. The number of amides is 2. The second-order valence-electron chi connectivity index (χ2n) is 6.51. The van der Waals surface area contributed by atoms with Crippen molar-refractivity contribution in [1.29, 1.82) is 0 Å². The van der Waals surface area contributed by atoms with Gasteiger partial charge in [-0.3, -0.25) is 9.59 Å². The number of carbonyl (C=O) groups is 2. The van der Waals surface area contributed by atoms with Crippen LogP contribution in [0.2, 0.25) is 5.02 Å². The van der Waals surface area contributed by atoms with E-state index in [-0.39, 0.29) is 23.8 Å². The van der Waals surface area contributed by atoms with E-state index in [1.807, 2.05) is 0 Å². The summed E-state index contributed by atoms with van der Waals surface area (Å²) in [7, 11) is 0. The molecule has 3 rings (SSSR count). The summed E-state index contributed by atoms with van der Waals surface area (Å²) in [6.45, 7) is 1.95. The number of nitrogens with zero attached hydrogens (tertiary/aromatic N) is 2. The Labute approximate surface area is 146 Å². The van der Waals surface area contributed by atoms with Gasteiger partial charge in [0.2, 0.25) is 5.91 Å². The smallest absolute Gasteiger partial charge is 0.273 e. The van der Waals surface area contributed by atoms with Crippen molar-refractivity contribution in [3.8, 4) is 0 Å². The van der Waals surface area contributed by atoms with Gasteiger partial charge in [0.1, 0.15) is 5.69 Å². The Morgan fingerprint density at radius 2 is 2.08 bits per heavy atom. The molecule has 0 aliphatic carbocycles. The highest BCUT2D eigenvalue weighted by molar-refractivity contribution is 6.33. The molecule has 0 aromatic carbocycles. The van der Waals surface area contributed by atoms with Gasteiger partial charge in [0.15, 0.2) is 0 Å². The predicted octanol–water partition coefficient (Wildman–Crippen LogP) is 1.87. The van der Waals surface area contributed by atoms with Crippen LogP contribution in [0.4, 0.5) is 0 Å². The number of ether oxygens (including phenoxy) is 1. The molecule has 0 spiro atoms. The minimum Gasteiger partial charge on any atom is -0.377 e. The summed E-state index contributed by atoms with van der Waals surface area (Å²) in [5.74, 6) is -0.115. The van der Waals surface area contributed by atoms with E-state index in [9.17, 15) is 9.59 Å². The molecule has 24 heavy (non-hydrogen) atoms. The Balaban J connectivity index is 1.53. The van der Waals surface area contributed by atoms with Crippen molar-refractivity contribution >= 4 is 23.4 Å². The van der Waals surface area contributed by atoms with Gasteiger partial charge >= 0.3 is 0 Å². The van der Waals surface area contributed by atoms with Gasteiger partial charge in [-0.25, -0.2) is 4.98 Å². The maximum absolute atomic E-state index is 12.5. The number of aromatic nitrogens is 1. The predicted molar refractivity (Wildman–Crippen MR) is 89.5 cm³/mol. The number of carbonyl (C=O) groups excluding carboxylic acids is 2. The fraction of sp³-hybridized carbons (Fsp3) is 0.588. The maximum atomic E-state index is 12.5. The maximum Gasteiger partial charge on any atom is 0.273 e. The van der Waals surface area contributed by atoms with Crippen molar-refractivity contribution in [2.45, 2.75) is 31.8 Å². The highest BCUT2D eigenvalue weighted by Gasteiger charge is 2.35. The van der Waals surface area contributed by atoms with E-state index in [0.29, 0.717) is 36.3 Å². The topological polar surface area (TPSA) is 85.5 Å². The zero-order chi connectivity index (χ0) is 17.1. The lowest BCUT2D eigenvalue weighted by Crippen LogP contribution is -2.40. The van der Waals surface area contributed by atoms with E-state index in [1.54, 1.807) is 23.2 Å². The lowest BCUT2D eigenvalue weighted by atomic mass is 9.86. The van der Waals surface area contributed by atoms with Crippen molar-refractivity contribution in [3.63, 3.8) is 0 Å². The number of pyridine rings is 1. The van der Waals surface area contributed by atoms with Crippen molar-refractivity contribution in [2.75, 3.05) is 19.7 Å². The third-order valence-electron chi connectivity index (χ3n) is 5.00. The Kier molecular flexibility index (Phi) is 5.36. The molecule has 130 valence electrons. The van der Waals surface area contributed by atoms with Crippen molar-refractivity contribution in [3.05, 3.63) is 29.0 Å². The molecule has 2 saturated heterocycles. The van der Waals surface area contributed by atoms with Crippen molar-refractivity contribution < 1.29 is 14.3 Å². The average Bonchev–Trinajstić information content (AvgIpc) is 3.04. The van der Waals surface area contributed by atoms with Crippen LogP contribution in [0.25, 0.3) is 0 Å². The van der Waals surface area contributed by atoms with E-state index in [0.717, 1.165) is 25.7 Å². The molecule has 2 fully saturated rings. The summed E-state index contributed by atoms with van der Waals surface area (Å²) in [6, 6.07) is 3.39. The van der Waals surface area contributed by atoms with Gasteiger partial charge in [-0.1, -0.05) is 11.6 Å². The van der Waals surface area contributed by atoms with Crippen LogP contribution in [-0.2, 0) is 9.53 Å². The molecule has 0 bridgehead atoms. The molecule has 0 radical (unpaired) electrons. The van der Waals surface area contributed by atoms with Gasteiger partial charge in [0.05, 0.1) is 17.0 Å². The lowest BCUT2D eigenvalue weighted by Gasteiger charge is -2.33. The normalized spacial score (nSPS) is 25.0. The van der Waals surface area contributed by atoms with Gasteiger partial charge in [-0.05, 0) is 43.7 Å². The number of rotatable bonds is 4. The van der Waals surface area contributed by atoms with E-state index in [1.165, 1.54) is 0 Å². The summed E-state index contributed by atoms with van der Waals surface area (Å²) >= 11 is 6.06. The third kappa shape index (κ3) is 3.70. The number of hydrogen-bond acceptors (Lipinski definition) is 4. The standard InChI is InChI=1S/C17H22ClN3O3/c18-13-2-1-6-20-15(13)17(23)21-7-3-11(4-8-21)10-14-12(16(19)22)5-9-24-14/h1-2,6,11-12,14H,3-5,7-10H2,(H2,19,22)/t12-,14-/m1/s1. The minimum atomic E-state index is -0.269. The Morgan fingerprint density at radius 1 is 1.33 bits per heavy atom. The molecule has 2 atom stereocenters. The van der Waals surface area contributed by atoms with Gasteiger partial charge in [-0.2, -0.15) is 0 Å². The second-order valence-corrected chi connectivity index (χ2v) is 6.92. The number of hydrogen-bond donors (Lipinski definition) is 1. The number of piperidine rings is 1. The van der Waals surface area contributed by atoms with E-state index < -0.39 is 0 Å². The largest absolute Gasteiger partial charge is 0.377 e. The van der Waals surface area contributed by atoms with E-state index in [4.69, 9.17) is 22.1 Å². The van der Waals surface area contributed by atoms with Crippen LogP contribution in [0, 0.1) is 11.8 Å². The molecular weight excluding hydrogens is 330 g/mol. The quantitative estimate of drug-likeness (QED) is 0.897. The zero-order valence-electron chi connectivity index (χ0n) is 13.5. The summed E-state index contributed by atoms with van der Waals surface area (Å²) < 4.78 is 5.68. The molecule has 1 aromatic heterocycles. The highest BCUT2D eigenvalue weighted by Crippen LogP contribution is 2.31. The van der Waals surface area contributed by atoms with E-state index in [2.05, 4.69) is 4.98 Å². The highest BCUT2D eigenvalue weighted by atomic mass is 35.5. The lowest BCUT2D eigenvalue weighted by molar-refractivity contribution is -0.123. The van der Waals surface area contributed by atoms with Crippen LogP contribution in [0.1, 0.15) is 36.2 Å². The first kappa shape index (κ1) is 17.2. The molecule has 2 aliphatic heterocycles. The Hall–Kier alpha value is -1.66. The zero-order valence-corrected chi connectivity index (χ0v) is 14.2. The molecule has 1 aromatic rings. The van der Waals surface area contributed by atoms with Crippen LogP contribution in [0.3, 0.4) is 0 Å². The van der Waals surface area contributed by atoms with Gasteiger partial charge in [0.25, 0.3) is 5.91 Å². The molecule has 0 unspecified atom stereocenters. The van der Waals surface area contributed by atoms with Crippen LogP contribution in [-0.4, -0.2) is 47.5 Å². The van der Waals surface area contributed by atoms with Crippen molar-refractivity contribution in [1.82, 2.24) is 9.88 Å². The van der Waals surface area contributed by atoms with Crippen molar-refractivity contribution in [2.24, 2.45) is 17.6 Å². The molecule has 0 saturated carbocycles. The van der Waals surface area contributed by atoms with Crippen LogP contribution in [0.15, 0.2) is 18.3 Å². The molecule has 2 amide bonds. The number of halogens is 1. The molecular formula is C17H22ClN3O3. The minimum absolute atomic E-state index is 0.0695. The first-order valence-corrected chi connectivity index (χ1v) is 8.74. The van der Waals surface area contributed by atoms with Gasteiger partial charge in [-0.15, -0.1) is 0 Å². The first-order chi connectivity index (χ1) is 11.6. The summed E-state index contributed by atoms with van der Waals surface area (Å²) in [4.78, 5) is 29.8. The van der Waals surface area contributed by atoms with Gasteiger partial charge < -0.3 is 15.4 Å². The summed E-state index contributed by atoms with van der Waals surface area (Å²) in [5.41, 5.74) is 5.75. The summed E-state index contributed by atoms with van der Waals surface area (Å²) in [5, 5.41) is 0.383. The molecule has 7 heteroatoms. The van der Waals surface area contributed by atoms with Gasteiger partial charge in [0, 0.05) is 25.9 Å². The number of primary amides is 1. The molecule has 6 nitrogen and oxygen atoms in total. The fourth-order valence-electron chi connectivity index (χ4n) is 3.60. The van der Waals surface area contributed by atoms with E-state index >= 15 is 0 Å². The average molecular weight is 352 g/mol. The Morgan fingerprint density at radius 3 is 2.75 bits per heavy atom. The molecule has 2 N–H and O–H groups in total. The monoisotopic (exact) mass is 351 g/mol. The number of nitrogens with two attached hydrogens (primary N) is 1. The fourth-order valence-corrected chi connectivity index (χ4v) is 3.80. The number of likely N-dealkylation sites (tertiary alicyclic amines) is 1.